The SMILES string of the molecule is COC1=C(C)C(=O)C2=C(C1=O)[C@H](COC(N)=O)[C@]1(OC)[C@H]3[C@@H](CN21)N3C(=O)CN1C(=O)CC(SC[C@@H](NC(=O)[C@@H](CC(=O)O)NC(=O)[C@@H](CCCCN=C(N)N)NC(=O)CC[C@@H](NC(=O)c2ccc(NCc3cnc4nc(N)[nH]c(=O)c4n3)cc2)C(=O)O)C(=O)O)C1=O. The molecular weight excluding hydrogens is 1250 g/mol. The number of aromatic amines is 1. The number of piperazine rings is 1. The molecule has 0 bridgehead atoms. The lowest BCUT2D eigenvalue weighted by atomic mass is 9.83. The highest BCUT2D eigenvalue weighted by atomic mass is 32.2. The van der Waals surface area contributed by atoms with Gasteiger partial charge in [0, 0.05) is 61.2 Å². The predicted octanol–water partition coefficient (Wildman–Crippen LogP) is -4.52. The van der Waals surface area contributed by atoms with Crippen molar-refractivity contribution in [3.05, 3.63) is 74.7 Å². The molecule has 2 aromatic heterocycles. The Morgan fingerprint density at radius 1 is 0.860 bits per heavy atom. The quantitative estimate of drug-likeness (QED) is 0.00721. The van der Waals surface area contributed by atoms with Crippen molar-refractivity contribution in [3.8, 4) is 0 Å². The van der Waals surface area contributed by atoms with E-state index in [0.29, 0.717) is 28.0 Å². The number of primary amides is 1. The zero-order chi connectivity index (χ0) is 67.9. The number of nitrogen functional groups attached to an aromatic ring is 1. The average molecular weight is 1320 g/mol. The van der Waals surface area contributed by atoms with Crippen LogP contribution in [0.3, 0.4) is 0 Å². The average Bonchev–Trinajstić information content (AvgIpc) is 1.49. The van der Waals surface area contributed by atoms with E-state index in [4.69, 9.17) is 37.1 Å². The maximum atomic E-state index is 14.0. The number of likely N-dealkylation sites (tertiary alicyclic amines) is 1. The van der Waals surface area contributed by atoms with Crippen LogP contribution < -0.4 is 55.1 Å². The van der Waals surface area contributed by atoms with Gasteiger partial charge in [-0.05, 0) is 56.9 Å². The van der Waals surface area contributed by atoms with Crippen LogP contribution in [0.5, 0.6) is 0 Å². The second-order valence-electron chi connectivity index (χ2n) is 21.8. The minimum absolute atomic E-state index is 0.00455. The molecule has 0 radical (unpaired) electrons. The lowest BCUT2D eigenvalue weighted by Crippen LogP contribution is -2.56. The van der Waals surface area contributed by atoms with Crippen LogP contribution in [0.25, 0.3) is 11.2 Å². The molecule has 38 heteroatoms. The third-order valence-electron chi connectivity index (χ3n) is 15.9. The van der Waals surface area contributed by atoms with E-state index in [1.54, 1.807) is 0 Å². The number of unbranched alkanes of at least 4 members (excludes halogenated alkanes) is 1. The molecule has 0 saturated carbocycles. The number of hydrogen-bond donors (Lipinski definition) is 13. The summed E-state index contributed by atoms with van der Waals surface area (Å²) in [6.07, 6.45) is -2.38. The Bertz CT molecular complexity index is 3760. The number of carbonyl (C=O) groups is 13. The summed E-state index contributed by atoms with van der Waals surface area (Å²) in [5, 5.41) is 40.9. The zero-order valence-corrected chi connectivity index (χ0v) is 50.6. The van der Waals surface area contributed by atoms with Gasteiger partial charge in [0.1, 0.15) is 43.4 Å². The summed E-state index contributed by atoms with van der Waals surface area (Å²) in [5.41, 5.74) is 20.2. The third kappa shape index (κ3) is 14.9. The monoisotopic (exact) mass is 1320 g/mol. The minimum Gasteiger partial charge on any atom is -0.492 e. The first-order chi connectivity index (χ1) is 44.1. The number of nitrogens with zero attached hydrogens (tertiary/aromatic N) is 7. The summed E-state index contributed by atoms with van der Waals surface area (Å²) < 4.78 is 16.4. The van der Waals surface area contributed by atoms with E-state index in [9.17, 15) is 82.4 Å². The molecule has 1 aliphatic carbocycles. The topological polar surface area (TPSA) is 568 Å². The highest BCUT2D eigenvalue weighted by Gasteiger charge is 2.77. The number of carboxylic acid groups (broad SMARTS) is 3. The maximum Gasteiger partial charge on any atom is 0.404 e. The van der Waals surface area contributed by atoms with Crippen LogP contribution in [-0.4, -0.2) is 226 Å². The number of benzene rings is 1. The van der Waals surface area contributed by atoms with Crippen molar-refractivity contribution in [2.24, 2.45) is 28.1 Å². The van der Waals surface area contributed by atoms with Crippen molar-refractivity contribution in [1.82, 2.24) is 55.9 Å². The minimum atomic E-state index is -2.00. The Labute approximate surface area is 529 Å². The van der Waals surface area contributed by atoms with Gasteiger partial charge in [-0.25, -0.2) is 24.4 Å². The number of anilines is 2. The van der Waals surface area contributed by atoms with Crippen LogP contribution in [0.1, 0.15) is 67.9 Å². The predicted molar refractivity (Wildman–Crippen MR) is 319 cm³/mol. The lowest BCUT2D eigenvalue weighted by Gasteiger charge is -2.41. The van der Waals surface area contributed by atoms with Crippen LogP contribution in [0, 0.1) is 5.92 Å². The van der Waals surface area contributed by atoms with Crippen LogP contribution >= 0.6 is 11.8 Å². The molecule has 9 atom stereocenters. The Morgan fingerprint density at radius 3 is 2.19 bits per heavy atom. The summed E-state index contributed by atoms with van der Waals surface area (Å²) in [6.45, 7) is 0.160. The molecule has 17 N–H and O–H groups in total. The number of hydrogen-bond acceptors (Lipinski definition) is 25. The molecule has 496 valence electrons. The number of thioether (sulfide) groups is 1. The molecule has 37 nitrogen and oxygen atoms in total. The number of guanidine groups is 1. The van der Waals surface area contributed by atoms with Crippen molar-refractivity contribution in [1.29, 1.82) is 0 Å². The number of aromatic nitrogens is 4. The fraction of sp³-hybridized carbons (Fsp3) is 0.455. The molecule has 4 aliphatic heterocycles. The molecular formula is C55H65N17O20S. The van der Waals surface area contributed by atoms with Gasteiger partial charge in [0.2, 0.25) is 53.0 Å². The number of allylic oxidation sites excluding steroid dienone is 2. The molecule has 3 aromatic rings. The number of carboxylic acids is 3. The van der Waals surface area contributed by atoms with Crippen LogP contribution in [0.2, 0.25) is 0 Å². The number of amides is 8. The van der Waals surface area contributed by atoms with E-state index >= 15 is 0 Å². The van der Waals surface area contributed by atoms with Crippen molar-refractivity contribution in [2.75, 3.05) is 57.3 Å². The van der Waals surface area contributed by atoms with Gasteiger partial charge in [-0.15, -0.1) is 11.8 Å². The first-order valence-corrected chi connectivity index (χ1v) is 29.5. The Balaban J connectivity index is 0.850. The smallest absolute Gasteiger partial charge is 0.404 e. The first-order valence-electron chi connectivity index (χ1n) is 28.5. The number of fused-ring (bicyclic) bond motifs is 5. The fourth-order valence-electron chi connectivity index (χ4n) is 11.5. The van der Waals surface area contributed by atoms with E-state index in [1.807, 2.05) is 0 Å². The Morgan fingerprint density at radius 2 is 1.55 bits per heavy atom. The number of ether oxygens (including phenoxy) is 3. The van der Waals surface area contributed by atoms with Gasteiger partial charge < -0.3 is 88.8 Å². The summed E-state index contributed by atoms with van der Waals surface area (Å²) in [7, 11) is 2.47. The number of carbonyl (C=O) groups excluding carboxylic acids is 10. The number of ketones is 2. The summed E-state index contributed by atoms with van der Waals surface area (Å²) in [6, 6.07) is -2.88. The third-order valence-corrected chi connectivity index (χ3v) is 17.2. The second kappa shape index (κ2) is 28.6. The summed E-state index contributed by atoms with van der Waals surface area (Å²) >= 11 is 0.614. The molecule has 8 amide bonds. The Hall–Kier alpha value is -10.8. The number of methoxy groups -OCH3 is 2. The molecule has 3 saturated heterocycles. The van der Waals surface area contributed by atoms with Crippen LogP contribution in [-0.2, 0) is 73.5 Å². The van der Waals surface area contributed by atoms with Gasteiger partial charge in [-0.1, -0.05) is 0 Å². The molecule has 93 heavy (non-hydrogen) atoms. The number of Topliss-reactive ketones (excluding diaryl/α,β-unsaturated/α-hetero) is 2. The molecule has 1 unspecified atom stereocenters. The maximum absolute atomic E-state index is 14.0. The number of aliphatic imine (C=N–C) groups is 1. The van der Waals surface area contributed by atoms with Crippen molar-refractivity contribution < 1.29 is 91.9 Å². The lowest BCUT2D eigenvalue weighted by molar-refractivity contribution is -0.156. The van der Waals surface area contributed by atoms with Crippen LogP contribution in [0.15, 0.2) is 62.9 Å². The van der Waals surface area contributed by atoms with E-state index < -0.39 is 180 Å². The molecule has 1 aromatic carbocycles. The number of aliphatic carboxylic acids is 3. The molecule has 3 fully saturated rings. The molecule has 6 heterocycles. The summed E-state index contributed by atoms with van der Waals surface area (Å²) in [4.78, 5) is 206. The van der Waals surface area contributed by atoms with Crippen molar-refractivity contribution >= 4 is 117 Å². The van der Waals surface area contributed by atoms with E-state index in [-0.39, 0.29) is 90.1 Å². The molecule has 8 rings (SSSR count). The van der Waals surface area contributed by atoms with Gasteiger partial charge in [-0.2, -0.15) is 4.98 Å². The number of nitrogens with one attached hydrogen (secondary N) is 6. The van der Waals surface area contributed by atoms with E-state index in [2.05, 4.69) is 51.5 Å². The Kier molecular flexibility index (Phi) is 20.9. The molecule has 5 aliphatic rings. The van der Waals surface area contributed by atoms with Crippen LogP contribution in [0.4, 0.5) is 16.4 Å². The van der Waals surface area contributed by atoms with Gasteiger partial charge in [0.15, 0.2) is 28.6 Å². The normalized spacial score (nSPS) is 20.8. The van der Waals surface area contributed by atoms with Crippen molar-refractivity contribution in [3.63, 3.8) is 0 Å². The number of H-pyrrole nitrogens is 1. The number of rotatable bonds is 31. The van der Waals surface area contributed by atoms with Gasteiger partial charge in [0.05, 0.1) is 54.9 Å². The van der Waals surface area contributed by atoms with Gasteiger partial charge in [0.25, 0.3) is 11.5 Å². The fourth-order valence-corrected chi connectivity index (χ4v) is 12.6. The summed E-state index contributed by atoms with van der Waals surface area (Å²) in [5.74, 6) is -15.2. The van der Waals surface area contributed by atoms with E-state index in [0.717, 1.165) is 0 Å². The van der Waals surface area contributed by atoms with E-state index in [1.165, 1.54) is 61.4 Å². The number of imide groups is 1. The zero-order valence-electron chi connectivity index (χ0n) is 49.8. The van der Waals surface area contributed by atoms with Crippen molar-refractivity contribution in [2.45, 2.75) is 106 Å². The van der Waals surface area contributed by atoms with Gasteiger partial charge in [-0.3, -0.25) is 67.6 Å². The second-order valence-corrected chi connectivity index (χ2v) is 23.0. The van der Waals surface area contributed by atoms with Gasteiger partial charge >= 0.3 is 24.0 Å². The number of nitrogens with two attached hydrogens (primary N) is 4. The standard InChI is InChI=1S/C55H65N17O20S/c1-22-40(78)39-37(41(79)42(22)90-2)26(20-92-54(59)89)55(91-3)43-31(18-71(39)55)72(43)35(75)19-70-34(74)15-32(49(70)84)93-21-30(51(87)88)67-47(82)29(14-36(76)77)66-46(81)27(6-4-5-13-60-52(56)57)64-33(73)12-11-28(50(85)86)65-45(80)23-7-9-24(10-8-23)61-16-25-17-62-44-38(63-25)48(83)69-53(58)68-44/h7-10,17,26-32,43,61H,4-6,11-16,18-21H2,1-3H3,(H2,59,89)(H,64,73)(H,65,80)(H,66,81)(H,67,82)(H,76,77)(H,85,86)(H,87,88)(H4,56,57,60)(H3,58,62,68,69,83)/t26-,27+,28+,29+,30+,31+,32?,43+,55-,72?/m0/s1. The largest absolute Gasteiger partial charge is 0.492 e. The first kappa shape index (κ1) is 68.1. The highest BCUT2D eigenvalue weighted by Crippen LogP contribution is 2.60. The molecule has 0 spiro atoms. The highest BCUT2D eigenvalue weighted by molar-refractivity contribution is 8.00.